The molecule has 31 heavy (non-hydrogen) atoms. The molecular weight excluding hydrogens is 410 g/mol. The fourth-order valence-corrected chi connectivity index (χ4v) is 4.64. The normalized spacial score (nSPS) is 17.5. The Morgan fingerprint density at radius 2 is 1.68 bits per heavy atom. The zero-order valence-corrected chi connectivity index (χ0v) is 18.8. The molecule has 0 spiro atoms. The lowest BCUT2D eigenvalue weighted by Crippen LogP contribution is -2.33. The molecule has 4 rings (SSSR count). The molecule has 6 nitrogen and oxygen atoms in total. The Labute approximate surface area is 189 Å². The zero-order chi connectivity index (χ0) is 21.5. The number of benzene rings is 1. The SMILES string of the molecule is O=C(NC1CCCC1)c1cnc(NCc2ccc(Cl)cc2)nc1NCC1CCCCC1. The van der Waals surface area contributed by atoms with Crippen molar-refractivity contribution in [1.29, 1.82) is 0 Å². The minimum atomic E-state index is -0.0812. The third-order valence-corrected chi connectivity index (χ3v) is 6.62. The van der Waals surface area contributed by atoms with Crippen LogP contribution in [0.25, 0.3) is 0 Å². The topological polar surface area (TPSA) is 78.9 Å². The summed E-state index contributed by atoms with van der Waals surface area (Å²) in [4.78, 5) is 22.0. The second-order valence-corrected chi connectivity index (χ2v) is 9.21. The van der Waals surface area contributed by atoms with Crippen LogP contribution in [0.5, 0.6) is 0 Å². The van der Waals surface area contributed by atoms with Crippen LogP contribution in [0.3, 0.4) is 0 Å². The number of anilines is 2. The fourth-order valence-electron chi connectivity index (χ4n) is 4.52. The summed E-state index contributed by atoms with van der Waals surface area (Å²) in [6, 6.07) is 7.95. The molecule has 1 aromatic carbocycles. The third kappa shape index (κ3) is 6.33. The van der Waals surface area contributed by atoms with Gasteiger partial charge in [-0.25, -0.2) is 4.98 Å². The molecule has 0 saturated heterocycles. The number of amides is 1. The van der Waals surface area contributed by atoms with Crippen molar-refractivity contribution in [3.05, 3.63) is 46.6 Å². The highest BCUT2D eigenvalue weighted by Crippen LogP contribution is 2.25. The first kappa shape index (κ1) is 21.9. The maximum Gasteiger partial charge on any atom is 0.256 e. The fraction of sp³-hybridized carbons (Fsp3) is 0.542. The molecule has 7 heteroatoms. The molecule has 0 radical (unpaired) electrons. The molecule has 0 atom stereocenters. The Hall–Kier alpha value is -2.34. The van der Waals surface area contributed by atoms with Crippen molar-refractivity contribution in [2.24, 2.45) is 5.92 Å². The summed E-state index contributed by atoms with van der Waals surface area (Å²) < 4.78 is 0. The molecule has 2 fully saturated rings. The van der Waals surface area contributed by atoms with Crippen molar-refractivity contribution in [2.75, 3.05) is 17.2 Å². The van der Waals surface area contributed by atoms with Crippen LogP contribution in [0.2, 0.25) is 5.02 Å². The van der Waals surface area contributed by atoms with E-state index < -0.39 is 0 Å². The lowest BCUT2D eigenvalue weighted by Gasteiger charge is -2.23. The molecule has 0 aliphatic heterocycles. The van der Waals surface area contributed by atoms with Gasteiger partial charge in [-0.1, -0.05) is 55.8 Å². The van der Waals surface area contributed by atoms with Gasteiger partial charge < -0.3 is 16.0 Å². The quantitative estimate of drug-likeness (QED) is 0.510. The third-order valence-electron chi connectivity index (χ3n) is 6.37. The Bertz CT molecular complexity index is 861. The van der Waals surface area contributed by atoms with Gasteiger partial charge in [0, 0.05) is 30.4 Å². The Kier molecular flexibility index (Phi) is 7.62. The standard InChI is InChI=1S/C24H32ClN5O/c25-19-12-10-18(11-13-19)15-27-24-28-16-21(23(31)29-20-8-4-5-9-20)22(30-24)26-14-17-6-2-1-3-7-17/h10-13,16-17,20H,1-9,14-15H2,(H,29,31)(H2,26,27,28,30). The van der Waals surface area contributed by atoms with Crippen molar-refractivity contribution < 1.29 is 4.79 Å². The molecule has 0 bridgehead atoms. The second kappa shape index (κ2) is 10.8. The average molecular weight is 442 g/mol. The van der Waals surface area contributed by atoms with Crippen LogP contribution in [0.1, 0.15) is 73.7 Å². The predicted octanol–water partition coefficient (Wildman–Crippen LogP) is 5.41. The van der Waals surface area contributed by atoms with Crippen LogP contribution in [0.4, 0.5) is 11.8 Å². The molecule has 2 aliphatic rings. The van der Waals surface area contributed by atoms with Crippen LogP contribution < -0.4 is 16.0 Å². The predicted molar refractivity (Wildman–Crippen MR) is 126 cm³/mol. The molecule has 0 unspecified atom stereocenters. The van der Waals surface area contributed by atoms with E-state index in [-0.39, 0.29) is 11.9 Å². The van der Waals surface area contributed by atoms with Gasteiger partial charge in [-0.3, -0.25) is 4.79 Å². The summed E-state index contributed by atoms with van der Waals surface area (Å²) in [5.74, 6) is 1.69. The number of carbonyl (C=O) groups excluding carboxylic acids is 1. The molecule has 2 saturated carbocycles. The zero-order valence-electron chi connectivity index (χ0n) is 18.0. The van der Waals surface area contributed by atoms with Gasteiger partial charge >= 0.3 is 0 Å². The maximum atomic E-state index is 12.9. The molecule has 1 aromatic heterocycles. The van der Waals surface area contributed by atoms with Crippen LogP contribution in [-0.2, 0) is 6.54 Å². The number of halogens is 1. The van der Waals surface area contributed by atoms with Crippen LogP contribution in [0, 0.1) is 5.92 Å². The first-order valence-electron chi connectivity index (χ1n) is 11.6. The van der Waals surface area contributed by atoms with Gasteiger partial charge in [-0.15, -0.1) is 0 Å². The summed E-state index contributed by atoms with van der Waals surface area (Å²) in [7, 11) is 0. The van der Waals surface area contributed by atoms with Crippen molar-refractivity contribution in [1.82, 2.24) is 15.3 Å². The number of carbonyl (C=O) groups is 1. The largest absolute Gasteiger partial charge is 0.369 e. The van der Waals surface area contributed by atoms with E-state index in [0.29, 0.717) is 34.8 Å². The number of aromatic nitrogens is 2. The van der Waals surface area contributed by atoms with E-state index in [1.165, 1.54) is 44.9 Å². The minimum Gasteiger partial charge on any atom is -0.369 e. The molecule has 1 heterocycles. The summed E-state index contributed by atoms with van der Waals surface area (Å²) in [5, 5.41) is 10.6. The Morgan fingerprint density at radius 1 is 0.968 bits per heavy atom. The van der Waals surface area contributed by atoms with E-state index in [1.54, 1.807) is 6.20 Å². The van der Waals surface area contributed by atoms with Crippen molar-refractivity contribution in [2.45, 2.75) is 70.4 Å². The van der Waals surface area contributed by atoms with E-state index in [2.05, 4.69) is 25.9 Å². The van der Waals surface area contributed by atoms with Gasteiger partial charge in [-0.05, 0) is 49.3 Å². The van der Waals surface area contributed by atoms with Crippen molar-refractivity contribution in [3.63, 3.8) is 0 Å². The minimum absolute atomic E-state index is 0.0812. The monoisotopic (exact) mass is 441 g/mol. The van der Waals surface area contributed by atoms with Crippen molar-refractivity contribution >= 4 is 29.3 Å². The smallest absolute Gasteiger partial charge is 0.256 e. The van der Waals surface area contributed by atoms with Crippen LogP contribution >= 0.6 is 11.6 Å². The molecule has 166 valence electrons. The molecule has 1 amide bonds. The highest BCUT2D eigenvalue weighted by atomic mass is 35.5. The van der Waals surface area contributed by atoms with Gasteiger partial charge in [0.25, 0.3) is 5.91 Å². The van der Waals surface area contributed by atoms with Crippen molar-refractivity contribution in [3.8, 4) is 0 Å². The highest BCUT2D eigenvalue weighted by molar-refractivity contribution is 6.30. The average Bonchev–Trinajstić information content (AvgIpc) is 3.31. The summed E-state index contributed by atoms with van der Waals surface area (Å²) in [6.07, 6.45) is 12.5. The van der Waals surface area contributed by atoms with E-state index >= 15 is 0 Å². The van der Waals surface area contributed by atoms with Gasteiger partial charge in [0.15, 0.2) is 0 Å². The van der Waals surface area contributed by atoms with E-state index in [1.807, 2.05) is 24.3 Å². The maximum absolute atomic E-state index is 12.9. The highest BCUT2D eigenvalue weighted by Gasteiger charge is 2.22. The van der Waals surface area contributed by atoms with Gasteiger partial charge in [0.2, 0.25) is 5.95 Å². The molecule has 2 aromatic rings. The molecular formula is C24H32ClN5O. The summed E-state index contributed by atoms with van der Waals surface area (Å²) >= 11 is 5.96. The number of nitrogens with one attached hydrogen (secondary N) is 3. The number of nitrogens with zero attached hydrogens (tertiary/aromatic N) is 2. The second-order valence-electron chi connectivity index (χ2n) is 8.78. The lowest BCUT2D eigenvalue weighted by atomic mass is 9.89. The lowest BCUT2D eigenvalue weighted by molar-refractivity contribution is 0.0938. The Morgan fingerprint density at radius 3 is 2.42 bits per heavy atom. The van der Waals surface area contributed by atoms with E-state index in [0.717, 1.165) is 24.9 Å². The molecule has 3 N–H and O–H groups in total. The first-order valence-corrected chi connectivity index (χ1v) is 12.0. The van der Waals surface area contributed by atoms with E-state index in [4.69, 9.17) is 11.6 Å². The number of rotatable bonds is 8. The van der Waals surface area contributed by atoms with Gasteiger partial charge in [0.1, 0.15) is 11.4 Å². The Balaban J connectivity index is 1.45. The molecule has 2 aliphatic carbocycles. The van der Waals surface area contributed by atoms with E-state index in [9.17, 15) is 4.79 Å². The summed E-state index contributed by atoms with van der Waals surface area (Å²) in [5.41, 5.74) is 1.62. The number of hydrogen-bond acceptors (Lipinski definition) is 5. The van der Waals surface area contributed by atoms with Gasteiger partial charge in [0.05, 0.1) is 0 Å². The summed E-state index contributed by atoms with van der Waals surface area (Å²) in [6.45, 7) is 1.43. The number of hydrogen-bond donors (Lipinski definition) is 3. The van der Waals surface area contributed by atoms with Gasteiger partial charge in [-0.2, -0.15) is 4.98 Å². The van der Waals surface area contributed by atoms with Crippen LogP contribution in [0.15, 0.2) is 30.5 Å². The van der Waals surface area contributed by atoms with Crippen LogP contribution in [-0.4, -0.2) is 28.5 Å². The first-order chi connectivity index (χ1) is 15.2.